The lowest BCUT2D eigenvalue weighted by Gasteiger charge is -2.35. The number of nitriles is 1. The van der Waals surface area contributed by atoms with Gasteiger partial charge in [-0.25, -0.2) is 0 Å². The first-order valence-corrected chi connectivity index (χ1v) is 7.58. The number of rotatable bonds is 4. The van der Waals surface area contributed by atoms with Crippen molar-refractivity contribution in [1.29, 1.82) is 5.26 Å². The summed E-state index contributed by atoms with van der Waals surface area (Å²) in [6, 6.07) is 13.0. The Morgan fingerprint density at radius 3 is 2.89 bits per heavy atom. The molecule has 1 aromatic rings. The second kappa shape index (κ2) is 6.26. The van der Waals surface area contributed by atoms with Crippen molar-refractivity contribution >= 4 is 11.8 Å². The SMILES string of the molecule is CNC1(C#N)CCCC(SCc2ccccc2)C1. The van der Waals surface area contributed by atoms with Crippen molar-refractivity contribution in [3.63, 3.8) is 0 Å². The van der Waals surface area contributed by atoms with Crippen LogP contribution in [-0.2, 0) is 5.75 Å². The summed E-state index contributed by atoms with van der Waals surface area (Å²) >= 11 is 1.99. The maximum Gasteiger partial charge on any atom is 0.107 e. The Kier molecular flexibility index (Phi) is 4.68. The number of nitrogens with one attached hydrogen (secondary N) is 1. The fourth-order valence-electron chi connectivity index (χ4n) is 2.54. The van der Waals surface area contributed by atoms with Crippen LogP contribution in [0.5, 0.6) is 0 Å². The molecule has 1 aliphatic carbocycles. The fraction of sp³-hybridized carbons (Fsp3) is 0.533. The standard InChI is InChI=1S/C15H20N2S/c1-17-15(12-16)9-5-8-14(10-15)18-11-13-6-3-2-4-7-13/h2-4,6-7,14,17H,5,8-11H2,1H3. The van der Waals surface area contributed by atoms with E-state index in [1.54, 1.807) is 0 Å². The second-order valence-electron chi connectivity index (χ2n) is 4.96. The zero-order valence-corrected chi connectivity index (χ0v) is 11.7. The maximum absolute atomic E-state index is 9.32. The van der Waals surface area contributed by atoms with E-state index in [9.17, 15) is 5.26 Å². The van der Waals surface area contributed by atoms with Gasteiger partial charge in [0.1, 0.15) is 5.54 Å². The van der Waals surface area contributed by atoms with Crippen molar-refractivity contribution in [2.45, 2.75) is 42.2 Å². The van der Waals surface area contributed by atoms with Gasteiger partial charge in [-0.2, -0.15) is 17.0 Å². The minimum Gasteiger partial charge on any atom is -0.302 e. The molecule has 0 aliphatic heterocycles. The van der Waals surface area contributed by atoms with Crippen LogP contribution in [0.2, 0.25) is 0 Å². The van der Waals surface area contributed by atoms with Gasteiger partial charge in [-0.15, -0.1) is 0 Å². The van der Waals surface area contributed by atoms with E-state index < -0.39 is 0 Å². The van der Waals surface area contributed by atoms with E-state index in [-0.39, 0.29) is 5.54 Å². The molecule has 0 bridgehead atoms. The Morgan fingerprint density at radius 1 is 1.44 bits per heavy atom. The van der Waals surface area contributed by atoms with Gasteiger partial charge in [0, 0.05) is 11.0 Å². The van der Waals surface area contributed by atoms with Crippen molar-refractivity contribution in [3.8, 4) is 6.07 Å². The van der Waals surface area contributed by atoms with E-state index in [0.717, 1.165) is 25.0 Å². The highest BCUT2D eigenvalue weighted by Crippen LogP contribution is 2.35. The quantitative estimate of drug-likeness (QED) is 0.902. The highest BCUT2D eigenvalue weighted by atomic mass is 32.2. The lowest BCUT2D eigenvalue weighted by Crippen LogP contribution is -2.46. The monoisotopic (exact) mass is 260 g/mol. The summed E-state index contributed by atoms with van der Waals surface area (Å²) in [7, 11) is 1.91. The van der Waals surface area contributed by atoms with E-state index in [1.165, 1.54) is 12.0 Å². The molecule has 1 fully saturated rings. The van der Waals surface area contributed by atoms with E-state index in [4.69, 9.17) is 0 Å². The van der Waals surface area contributed by atoms with Gasteiger partial charge in [-0.3, -0.25) is 0 Å². The molecule has 18 heavy (non-hydrogen) atoms. The Hall–Kier alpha value is -0.980. The van der Waals surface area contributed by atoms with Crippen LogP contribution in [-0.4, -0.2) is 17.8 Å². The van der Waals surface area contributed by atoms with E-state index in [0.29, 0.717) is 5.25 Å². The van der Waals surface area contributed by atoms with Crippen LogP contribution in [0.25, 0.3) is 0 Å². The highest BCUT2D eigenvalue weighted by Gasteiger charge is 2.35. The summed E-state index contributed by atoms with van der Waals surface area (Å²) in [4.78, 5) is 0. The summed E-state index contributed by atoms with van der Waals surface area (Å²) in [6.07, 6.45) is 4.35. The molecule has 0 heterocycles. The molecule has 96 valence electrons. The third-order valence-electron chi connectivity index (χ3n) is 3.73. The Morgan fingerprint density at radius 2 is 2.22 bits per heavy atom. The van der Waals surface area contributed by atoms with Crippen molar-refractivity contribution in [3.05, 3.63) is 35.9 Å². The molecule has 1 aliphatic rings. The number of hydrogen-bond acceptors (Lipinski definition) is 3. The summed E-state index contributed by atoms with van der Waals surface area (Å²) in [5.41, 5.74) is 1.09. The van der Waals surface area contributed by atoms with Gasteiger partial charge in [-0.1, -0.05) is 30.3 Å². The molecule has 0 amide bonds. The maximum atomic E-state index is 9.32. The normalized spacial score (nSPS) is 27.7. The molecule has 0 aromatic heterocycles. The molecule has 1 N–H and O–H groups in total. The topological polar surface area (TPSA) is 35.8 Å². The summed E-state index contributed by atoms with van der Waals surface area (Å²) < 4.78 is 0. The molecular weight excluding hydrogens is 240 g/mol. The van der Waals surface area contributed by atoms with Crippen LogP contribution < -0.4 is 5.32 Å². The summed E-state index contributed by atoms with van der Waals surface area (Å²) in [5, 5.41) is 13.1. The van der Waals surface area contributed by atoms with Crippen molar-refractivity contribution in [2.24, 2.45) is 0 Å². The molecule has 0 saturated heterocycles. The lowest BCUT2D eigenvalue weighted by molar-refractivity contribution is 0.323. The van der Waals surface area contributed by atoms with Crippen LogP contribution in [0.3, 0.4) is 0 Å². The van der Waals surface area contributed by atoms with Crippen molar-refractivity contribution in [1.82, 2.24) is 5.32 Å². The molecule has 0 radical (unpaired) electrons. The molecule has 1 aromatic carbocycles. The lowest BCUT2D eigenvalue weighted by atomic mass is 9.83. The van der Waals surface area contributed by atoms with Crippen LogP contribution in [0.4, 0.5) is 0 Å². The molecule has 1 saturated carbocycles. The minimum absolute atomic E-state index is 0.285. The number of thioether (sulfide) groups is 1. The van der Waals surface area contributed by atoms with Gasteiger partial charge in [-0.05, 0) is 38.3 Å². The molecule has 0 spiro atoms. The predicted octanol–water partition coefficient (Wildman–Crippen LogP) is 3.34. The van der Waals surface area contributed by atoms with Crippen molar-refractivity contribution < 1.29 is 0 Å². The molecular formula is C15H20N2S. The third kappa shape index (κ3) is 3.28. The average molecular weight is 260 g/mol. The highest BCUT2D eigenvalue weighted by molar-refractivity contribution is 7.99. The first-order valence-electron chi connectivity index (χ1n) is 6.54. The third-order valence-corrected chi connectivity index (χ3v) is 5.10. The fourth-order valence-corrected chi connectivity index (χ4v) is 3.90. The van der Waals surface area contributed by atoms with Gasteiger partial charge >= 0.3 is 0 Å². The van der Waals surface area contributed by atoms with Gasteiger partial charge in [0.15, 0.2) is 0 Å². The van der Waals surface area contributed by atoms with E-state index >= 15 is 0 Å². The van der Waals surface area contributed by atoms with Crippen LogP contribution in [0.1, 0.15) is 31.2 Å². The predicted molar refractivity (Wildman–Crippen MR) is 77.4 cm³/mol. The Labute approximate surface area is 114 Å². The zero-order valence-electron chi connectivity index (χ0n) is 10.9. The first kappa shape index (κ1) is 13.5. The summed E-state index contributed by atoms with van der Waals surface area (Å²) in [6.45, 7) is 0. The smallest absolute Gasteiger partial charge is 0.107 e. The largest absolute Gasteiger partial charge is 0.302 e. The molecule has 2 rings (SSSR count). The molecule has 2 unspecified atom stereocenters. The molecule has 2 nitrogen and oxygen atoms in total. The van der Waals surface area contributed by atoms with Crippen molar-refractivity contribution in [2.75, 3.05) is 7.05 Å². The van der Waals surface area contributed by atoms with Gasteiger partial charge in [0.05, 0.1) is 6.07 Å². The Bertz CT molecular complexity index is 412. The first-order chi connectivity index (χ1) is 8.78. The van der Waals surface area contributed by atoms with Gasteiger partial charge < -0.3 is 5.32 Å². The Balaban J connectivity index is 1.89. The van der Waals surface area contributed by atoms with Crippen LogP contribution >= 0.6 is 11.8 Å². The van der Waals surface area contributed by atoms with Gasteiger partial charge in [0.2, 0.25) is 0 Å². The van der Waals surface area contributed by atoms with E-state index in [2.05, 4.69) is 41.7 Å². The number of hydrogen-bond donors (Lipinski definition) is 1. The zero-order chi connectivity index (χ0) is 12.8. The summed E-state index contributed by atoms with van der Waals surface area (Å²) in [5.74, 6) is 1.05. The average Bonchev–Trinajstić information content (AvgIpc) is 2.46. The second-order valence-corrected chi connectivity index (χ2v) is 6.25. The molecule has 3 heteroatoms. The van der Waals surface area contributed by atoms with E-state index in [1.807, 2.05) is 18.8 Å². The number of benzene rings is 1. The van der Waals surface area contributed by atoms with Crippen LogP contribution in [0, 0.1) is 11.3 Å². The van der Waals surface area contributed by atoms with Gasteiger partial charge in [0.25, 0.3) is 0 Å². The molecule has 2 atom stereocenters. The van der Waals surface area contributed by atoms with Crippen LogP contribution in [0.15, 0.2) is 30.3 Å². The minimum atomic E-state index is -0.285. The number of nitrogens with zero attached hydrogens (tertiary/aromatic N) is 1.